The number of rotatable bonds is 7. The zero-order chi connectivity index (χ0) is 24.2. The number of aromatic nitrogens is 1. The summed E-state index contributed by atoms with van der Waals surface area (Å²) in [5.41, 5.74) is 5.81. The summed E-state index contributed by atoms with van der Waals surface area (Å²) in [4.78, 5) is 15.9. The van der Waals surface area contributed by atoms with Crippen molar-refractivity contribution in [3.8, 4) is 45.2 Å². The molecule has 0 spiro atoms. The number of hydrogen-bond donors (Lipinski definition) is 2. The lowest BCUT2D eigenvalue weighted by molar-refractivity contribution is -0.134. The fourth-order valence-electron chi connectivity index (χ4n) is 3.93. The number of aliphatic carboxylic acids is 1. The summed E-state index contributed by atoms with van der Waals surface area (Å²) in [5, 5.41) is 12.5. The Bertz CT molecular complexity index is 1420. The van der Waals surface area contributed by atoms with Gasteiger partial charge in [-0.1, -0.05) is 84.4 Å². The van der Waals surface area contributed by atoms with Gasteiger partial charge < -0.3 is 14.8 Å². The summed E-state index contributed by atoms with van der Waals surface area (Å²) in [7, 11) is 0. The molecule has 0 fully saturated rings. The van der Waals surface area contributed by atoms with Gasteiger partial charge in [0, 0.05) is 27.4 Å². The first-order valence-electron chi connectivity index (χ1n) is 11.1. The number of anilines is 1. The predicted molar refractivity (Wildman–Crippen MR) is 139 cm³/mol. The highest BCUT2D eigenvalue weighted by Gasteiger charge is 2.20. The number of nitrogens with zero attached hydrogens (tertiary/aromatic N) is 1. The molecule has 0 amide bonds. The van der Waals surface area contributed by atoms with Crippen molar-refractivity contribution in [2.24, 2.45) is 0 Å². The molecule has 0 saturated heterocycles. The minimum atomic E-state index is -0.930. The van der Waals surface area contributed by atoms with Crippen molar-refractivity contribution in [3.05, 3.63) is 108 Å². The summed E-state index contributed by atoms with van der Waals surface area (Å²) in [6.45, 7) is -0.174. The van der Waals surface area contributed by atoms with Crippen LogP contribution in [0.3, 0.4) is 0 Å². The number of halogens is 1. The largest absolute Gasteiger partial charge is 0.480 e. The highest BCUT2D eigenvalue weighted by molar-refractivity contribution is 6.31. The van der Waals surface area contributed by atoms with E-state index in [0.717, 1.165) is 33.5 Å². The molecule has 5 rings (SSSR count). The number of carboxylic acid groups (broad SMARTS) is 1. The van der Waals surface area contributed by atoms with Gasteiger partial charge in [0.15, 0.2) is 5.76 Å². The molecule has 0 atom stereocenters. The zero-order valence-corrected chi connectivity index (χ0v) is 19.4. The van der Waals surface area contributed by atoms with E-state index in [1.54, 1.807) is 0 Å². The molecule has 35 heavy (non-hydrogen) atoms. The second-order valence-electron chi connectivity index (χ2n) is 7.95. The van der Waals surface area contributed by atoms with Crippen LogP contribution >= 0.6 is 11.6 Å². The standard InChI is InChI=1S/C29H21ClN2O3/c30-22-14-15-24(25(17-22)21-12-7-13-23(16-21)31-18-26(33)34)29-32-27(19-8-3-1-4-9-19)28(35-29)20-10-5-2-6-11-20/h1-17,31H,18H2,(H,33,34). The molecular weight excluding hydrogens is 460 g/mol. The first-order chi connectivity index (χ1) is 17.1. The Morgan fingerprint density at radius 3 is 2.20 bits per heavy atom. The molecule has 0 aliphatic carbocycles. The smallest absolute Gasteiger partial charge is 0.322 e. The molecule has 4 aromatic carbocycles. The Kier molecular flexibility index (Phi) is 6.33. The molecule has 6 heteroatoms. The van der Waals surface area contributed by atoms with Crippen LogP contribution in [0, 0.1) is 0 Å². The number of nitrogens with one attached hydrogen (secondary N) is 1. The highest BCUT2D eigenvalue weighted by Crippen LogP contribution is 2.40. The van der Waals surface area contributed by atoms with Crippen LogP contribution in [-0.2, 0) is 4.79 Å². The normalized spacial score (nSPS) is 10.8. The van der Waals surface area contributed by atoms with Gasteiger partial charge in [0.1, 0.15) is 12.2 Å². The Morgan fingerprint density at radius 1 is 0.800 bits per heavy atom. The molecule has 0 radical (unpaired) electrons. The molecule has 0 unspecified atom stereocenters. The number of hydrogen-bond acceptors (Lipinski definition) is 4. The Hall–Kier alpha value is -4.35. The third-order valence-corrected chi connectivity index (χ3v) is 5.77. The van der Waals surface area contributed by atoms with E-state index in [1.807, 2.05) is 103 Å². The molecule has 0 aliphatic heterocycles. The lowest BCUT2D eigenvalue weighted by Crippen LogP contribution is -2.12. The number of benzene rings is 4. The third-order valence-electron chi connectivity index (χ3n) is 5.54. The summed E-state index contributed by atoms with van der Waals surface area (Å²) in [6, 6.07) is 32.9. The van der Waals surface area contributed by atoms with Crippen LogP contribution < -0.4 is 5.32 Å². The molecular formula is C29H21ClN2O3. The first-order valence-corrected chi connectivity index (χ1v) is 11.4. The number of carbonyl (C=O) groups is 1. The number of carboxylic acids is 1. The molecule has 1 aromatic heterocycles. The van der Waals surface area contributed by atoms with Gasteiger partial charge in [-0.2, -0.15) is 0 Å². The van der Waals surface area contributed by atoms with Crippen molar-refractivity contribution in [2.75, 3.05) is 11.9 Å². The summed E-state index contributed by atoms with van der Waals surface area (Å²) < 4.78 is 6.41. The molecule has 0 saturated carbocycles. The van der Waals surface area contributed by atoms with E-state index in [1.165, 1.54) is 0 Å². The second kappa shape index (κ2) is 9.87. The Labute approximate surface area is 207 Å². The SMILES string of the molecule is O=C(O)CNc1cccc(-c2cc(Cl)ccc2-c2nc(-c3ccccc3)c(-c3ccccc3)o2)c1. The van der Waals surface area contributed by atoms with E-state index in [2.05, 4.69) is 5.32 Å². The average Bonchev–Trinajstić information content (AvgIpc) is 3.34. The van der Waals surface area contributed by atoms with Gasteiger partial charge in [-0.05, 0) is 41.5 Å². The van der Waals surface area contributed by atoms with Gasteiger partial charge in [-0.25, -0.2) is 4.98 Å². The van der Waals surface area contributed by atoms with Gasteiger partial charge in [0.25, 0.3) is 0 Å². The van der Waals surface area contributed by atoms with E-state index >= 15 is 0 Å². The van der Waals surface area contributed by atoms with Crippen LogP contribution in [-0.4, -0.2) is 22.6 Å². The summed E-state index contributed by atoms with van der Waals surface area (Å²) in [5.74, 6) is 0.225. The predicted octanol–water partition coefficient (Wildman–Crippen LogP) is 7.49. The number of oxazole rings is 1. The zero-order valence-electron chi connectivity index (χ0n) is 18.6. The van der Waals surface area contributed by atoms with Crippen LogP contribution in [0.15, 0.2) is 108 Å². The third kappa shape index (κ3) is 4.95. The van der Waals surface area contributed by atoms with Crippen molar-refractivity contribution in [3.63, 3.8) is 0 Å². The monoisotopic (exact) mass is 480 g/mol. The Morgan fingerprint density at radius 2 is 1.49 bits per heavy atom. The molecule has 5 nitrogen and oxygen atoms in total. The van der Waals surface area contributed by atoms with E-state index in [9.17, 15) is 4.79 Å². The van der Waals surface area contributed by atoms with E-state index in [0.29, 0.717) is 22.4 Å². The first kappa shape index (κ1) is 22.4. The fraction of sp³-hybridized carbons (Fsp3) is 0.0345. The van der Waals surface area contributed by atoms with Crippen LogP contribution in [0.2, 0.25) is 5.02 Å². The maximum Gasteiger partial charge on any atom is 0.322 e. The van der Waals surface area contributed by atoms with E-state index in [4.69, 9.17) is 26.1 Å². The van der Waals surface area contributed by atoms with Gasteiger partial charge in [-0.15, -0.1) is 0 Å². The van der Waals surface area contributed by atoms with Crippen molar-refractivity contribution >= 4 is 23.3 Å². The molecule has 172 valence electrons. The van der Waals surface area contributed by atoms with Gasteiger partial charge in [0.2, 0.25) is 5.89 Å². The van der Waals surface area contributed by atoms with Crippen LogP contribution in [0.4, 0.5) is 5.69 Å². The van der Waals surface area contributed by atoms with Crippen molar-refractivity contribution < 1.29 is 14.3 Å². The van der Waals surface area contributed by atoms with E-state index < -0.39 is 5.97 Å². The van der Waals surface area contributed by atoms with Crippen LogP contribution in [0.25, 0.3) is 45.2 Å². The van der Waals surface area contributed by atoms with Gasteiger partial charge >= 0.3 is 5.97 Å². The van der Waals surface area contributed by atoms with Crippen LogP contribution in [0.1, 0.15) is 0 Å². The lowest BCUT2D eigenvalue weighted by atomic mass is 9.99. The minimum Gasteiger partial charge on any atom is -0.480 e. The van der Waals surface area contributed by atoms with Gasteiger partial charge in [-0.3, -0.25) is 4.79 Å². The average molecular weight is 481 g/mol. The fourth-order valence-corrected chi connectivity index (χ4v) is 4.10. The minimum absolute atomic E-state index is 0.174. The Balaban J connectivity index is 1.65. The molecule has 1 heterocycles. The topological polar surface area (TPSA) is 75.4 Å². The van der Waals surface area contributed by atoms with Crippen molar-refractivity contribution in [2.45, 2.75) is 0 Å². The van der Waals surface area contributed by atoms with E-state index in [-0.39, 0.29) is 6.54 Å². The lowest BCUT2D eigenvalue weighted by Gasteiger charge is -2.10. The molecule has 0 bridgehead atoms. The van der Waals surface area contributed by atoms with Crippen molar-refractivity contribution in [1.29, 1.82) is 0 Å². The maximum atomic E-state index is 11.0. The van der Waals surface area contributed by atoms with Crippen molar-refractivity contribution in [1.82, 2.24) is 4.98 Å². The molecule has 0 aliphatic rings. The van der Waals surface area contributed by atoms with Gasteiger partial charge in [0.05, 0.1) is 0 Å². The summed E-state index contributed by atoms with van der Waals surface area (Å²) in [6.07, 6.45) is 0. The highest BCUT2D eigenvalue weighted by atomic mass is 35.5. The van der Waals surface area contributed by atoms with Crippen LogP contribution in [0.5, 0.6) is 0 Å². The summed E-state index contributed by atoms with van der Waals surface area (Å²) >= 11 is 6.38. The maximum absolute atomic E-state index is 11.0. The second-order valence-corrected chi connectivity index (χ2v) is 8.38. The molecule has 2 N–H and O–H groups in total. The molecule has 5 aromatic rings. The quantitative estimate of drug-likeness (QED) is 0.252.